The predicted octanol–water partition coefficient (Wildman–Crippen LogP) is 1.84. The van der Waals surface area contributed by atoms with E-state index in [2.05, 4.69) is 11.8 Å². The second-order valence-electron chi connectivity index (χ2n) is 7.30. The van der Waals surface area contributed by atoms with Gasteiger partial charge in [0.2, 0.25) is 0 Å². The Morgan fingerprint density at radius 1 is 1.16 bits per heavy atom. The van der Waals surface area contributed by atoms with E-state index in [1.165, 1.54) is 45.2 Å². The van der Waals surface area contributed by atoms with Gasteiger partial charge in [0.25, 0.3) is 0 Å². The second kappa shape index (κ2) is 5.71. The number of aliphatic hydroxyl groups is 1. The molecule has 0 spiro atoms. The fraction of sp³-hybridized carbons (Fsp3) is 1.00. The Hall–Kier alpha value is -0.120. The minimum absolute atomic E-state index is 0.0292. The molecule has 2 aliphatic carbocycles. The van der Waals surface area contributed by atoms with Gasteiger partial charge < -0.3 is 15.7 Å². The average molecular weight is 266 g/mol. The number of hydrogen-bond donors (Lipinski definition) is 2. The maximum atomic E-state index is 10.0. The molecule has 3 nitrogen and oxygen atoms in total. The van der Waals surface area contributed by atoms with Crippen LogP contribution in [0.2, 0.25) is 0 Å². The molecule has 0 aromatic rings. The first kappa shape index (κ1) is 13.8. The van der Waals surface area contributed by atoms with Gasteiger partial charge in [-0.1, -0.05) is 13.3 Å². The lowest BCUT2D eigenvalue weighted by Crippen LogP contribution is -2.43. The number of nitrogens with two attached hydrogens (primary N) is 1. The third kappa shape index (κ3) is 2.84. The van der Waals surface area contributed by atoms with Crippen LogP contribution in [0.5, 0.6) is 0 Å². The molecule has 1 saturated heterocycles. The molecular formula is C16H30N2O. The van der Waals surface area contributed by atoms with E-state index in [1.54, 1.807) is 0 Å². The summed E-state index contributed by atoms with van der Waals surface area (Å²) in [5.41, 5.74) is 6.34. The Balaban J connectivity index is 1.54. The first-order valence-corrected chi connectivity index (χ1v) is 8.33. The summed E-state index contributed by atoms with van der Waals surface area (Å²) in [5, 5.41) is 10.0. The van der Waals surface area contributed by atoms with Gasteiger partial charge in [0.1, 0.15) is 0 Å². The molecular weight excluding hydrogens is 236 g/mol. The molecule has 0 aromatic carbocycles. The maximum Gasteiger partial charge on any atom is 0.0583 e. The standard InChI is InChI=1S/C16H30N2O/c1-2-11-3-5-15(17)13(7-11)9-18-8-12-4-6-16(19)14(12)10-18/h11-16,19H,2-10,17H2,1H3. The molecule has 3 rings (SSSR count). The van der Waals surface area contributed by atoms with E-state index in [4.69, 9.17) is 5.73 Å². The van der Waals surface area contributed by atoms with Crippen molar-refractivity contribution in [2.24, 2.45) is 29.4 Å². The highest BCUT2D eigenvalue weighted by Gasteiger charge is 2.42. The first-order chi connectivity index (χ1) is 9.17. The van der Waals surface area contributed by atoms with Crippen molar-refractivity contribution in [1.29, 1.82) is 0 Å². The number of aliphatic hydroxyl groups excluding tert-OH is 1. The van der Waals surface area contributed by atoms with Crippen LogP contribution in [0.4, 0.5) is 0 Å². The number of fused-ring (bicyclic) bond motifs is 1. The summed E-state index contributed by atoms with van der Waals surface area (Å²) in [6, 6.07) is 0.410. The molecule has 3 aliphatic rings. The highest BCUT2D eigenvalue weighted by Crippen LogP contribution is 2.39. The first-order valence-electron chi connectivity index (χ1n) is 8.33. The zero-order valence-electron chi connectivity index (χ0n) is 12.3. The highest BCUT2D eigenvalue weighted by atomic mass is 16.3. The molecule has 0 bridgehead atoms. The molecule has 3 N–H and O–H groups in total. The van der Waals surface area contributed by atoms with Gasteiger partial charge >= 0.3 is 0 Å². The lowest BCUT2D eigenvalue weighted by molar-refractivity contribution is 0.116. The summed E-state index contributed by atoms with van der Waals surface area (Å²) in [6.07, 6.45) is 7.42. The van der Waals surface area contributed by atoms with Crippen molar-refractivity contribution in [2.45, 2.75) is 57.6 Å². The van der Waals surface area contributed by atoms with E-state index in [0.717, 1.165) is 24.8 Å². The van der Waals surface area contributed by atoms with Crippen molar-refractivity contribution in [2.75, 3.05) is 19.6 Å². The van der Waals surface area contributed by atoms with Crippen LogP contribution in [0.25, 0.3) is 0 Å². The molecule has 19 heavy (non-hydrogen) atoms. The fourth-order valence-electron chi connectivity index (χ4n) is 4.77. The number of likely N-dealkylation sites (tertiary alicyclic amines) is 1. The van der Waals surface area contributed by atoms with Gasteiger partial charge in [0.15, 0.2) is 0 Å². The third-order valence-electron chi connectivity index (χ3n) is 6.11. The summed E-state index contributed by atoms with van der Waals surface area (Å²) < 4.78 is 0. The summed E-state index contributed by atoms with van der Waals surface area (Å²) >= 11 is 0. The van der Waals surface area contributed by atoms with Gasteiger partial charge in [-0.15, -0.1) is 0 Å². The summed E-state index contributed by atoms with van der Waals surface area (Å²) in [7, 11) is 0. The molecule has 3 heteroatoms. The molecule has 3 fully saturated rings. The van der Waals surface area contributed by atoms with E-state index in [0.29, 0.717) is 17.9 Å². The second-order valence-corrected chi connectivity index (χ2v) is 7.30. The van der Waals surface area contributed by atoms with Crippen LogP contribution in [-0.4, -0.2) is 41.8 Å². The smallest absolute Gasteiger partial charge is 0.0583 e. The molecule has 6 atom stereocenters. The number of hydrogen-bond acceptors (Lipinski definition) is 3. The van der Waals surface area contributed by atoms with Gasteiger partial charge in [0.05, 0.1) is 6.10 Å². The van der Waals surface area contributed by atoms with Gasteiger partial charge in [-0.3, -0.25) is 0 Å². The topological polar surface area (TPSA) is 49.5 Å². The Labute approximate surface area is 117 Å². The van der Waals surface area contributed by atoms with E-state index < -0.39 is 0 Å². The van der Waals surface area contributed by atoms with Crippen molar-refractivity contribution in [1.82, 2.24) is 4.90 Å². The molecule has 6 unspecified atom stereocenters. The zero-order valence-corrected chi connectivity index (χ0v) is 12.3. The van der Waals surface area contributed by atoms with Crippen molar-refractivity contribution in [3.05, 3.63) is 0 Å². The number of nitrogens with zero attached hydrogens (tertiary/aromatic N) is 1. The Morgan fingerprint density at radius 3 is 2.74 bits per heavy atom. The molecule has 1 aliphatic heterocycles. The van der Waals surface area contributed by atoms with Crippen LogP contribution in [0.1, 0.15) is 45.4 Å². The molecule has 0 amide bonds. The van der Waals surface area contributed by atoms with Crippen molar-refractivity contribution in [3.8, 4) is 0 Å². The zero-order chi connectivity index (χ0) is 13.4. The van der Waals surface area contributed by atoms with Crippen LogP contribution in [0, 0.1) is 23.7 Å². The van der Waals surface area contributed by atoms with Crippen molar-refractivity contribution < 1.29 is 5.11 Å². The summed E-state index contributed by atoms with van der Waals surface area (Å²) in [5.74, 6) is 2.91. The van der Waals surface area contributed by atoms with Crippen LogP contribution >= 0.6 is 0 Å². The lowest BCUT2D eigenvalue weighted by Gasteiger charge is -2.36. The Morgan fingerprint density at radius 2 is 2.00 bits per heavy atom. The molecule has 2 saturated carbocycles. The van der Waals surface area contributed by atoms with E-state index >= 15 is 0 Å². The minimum Gasteiger partial charge on any atom is -0.393 e. The number of rotatable bonds is 3. The molecule has 110 valence electrons. The quantitative estimate of drug-likeness (QED) is 0.819. The van der Waals surface area contributed by atoms with Crippen LogP contribution in [-0.2, 0) is 0 Å². The van der Waals surface area contributed by atoms with Crippen LogP contribution in [0.15, 0.2) is 0 Å². The van der Waals surface area contributed by atoms with E-state index in [-0.39, 0.29) is 6.10 Å². The van der Waals surface area contributed by atoms with Crippen molar-refractivity contribution in [3.63, 3.8) is 0 Å². The normalized spacial score (nSPS) is 47.5. The van der Waals surface area contributed by atoms with E-state index in [9.17, 15) is 5.11 Å². The molecule has 0 radical (unpaired) electrons. The van der Waals surface area contributed by atoms with Gasteiger partial charge in [-0.2, -0.15) is 0 Å². The maximum absolute atomic E-state index is 10.0. The van der Waals surface area contributed by atoms with Gasteiger partial charge in [0, 0.05) is 31.6 Å². The predicted molar refractivity (Wildman–Crippen MR) is 77.8 cm³/mol. The average Bonchev–Trinajstić information content (AvgIpc) is 2.95. The SMILES string of the molecule is CCC1CCC(N)C(CN2CC3CCC(O)C3C2)C1. The summed E-state index contributed by atoms with van der Waals surface area (Å²) in [6.45, 7) is 5.82. The third-order valence-corrected chi connectivity index (χ3v) is 6.11. The van der Waals surface area contributed by atoms with Gasteiger partial charge in [-0.05, 0) is 49.9 Å². The Kier molecular flexibility index (Phi) is 4.16. The fourth-order valence-corrected chi connectivity index (χ4v) is 4.77. The highest BCUT2D eigenvalue weighted by molar-refractivity contribution is 4.95. The minimum atomic E-state index is -0.0292. The Bertz CT molecular complexity index is 309. The van der Waals surface area contributed by atoms with Crippen molar-refractivity contribution >= 4 is 0 Å². The van der Waals surface area contributed by atoms with Crippen LogP contribution < -0.4 is 5.73 Å². The monoisotopic (exact) mass is 266 g/mol. The molecule has 1 heterocycles. The summed E-state index contributed by atoms with van der Waals surface area (Å²) in [4.78, 5) is 2.60. The largest absolute Gasteiger partial charge is 0.393 e. The van der Waals surface area contributed by atoms with Crippen LogP contribution in [0.3, 0.4) is 0 Å². The molecule has 0 aromatic heterocycles. The van der Waals surface area contributed by atoms with Gasteiger partial charge in [-0.25, -0.2) is 0 Å². The lowest BCUT2D eigenvalue weighted by atomic mass is 9.77. The van der Waals surface area contributed by atoms with E-state index in [1.807, 2.05) is 0 Å².